The molecule has 1 fully saturated rings. The van der Waals surface area contributed by atoms with Crippen molar-refractivity contribution in [1.29, 1.82) is 0 Å². The number of hydrogen-bond donors (Lipinski definition) is 1. The number of benzene rings is 1. The van der Waals surface area contributed by atoms with Gasteiger partial charge in [-0.1, -0.05) is 38.8 Å². The summed E-state index contributed by atoms with van der Waals surface area (Å²) in [6.07, 6.45) is 5.20. The van der Waals surface area contributed by atoms with Crippen molar-refractivity contribution in [3.63, 3.8) is 0 Å². The van der Waals surface area contributed by atoms with Crippen LogP contribution in [0.25, 0.3) is 0 Å². The fourth-order valence-electron chi connectivity index (χ4n) is 2.95. The van der Waals surface area contributed by atoms with Gasteiger partial charge in [-0.25, -0.2) is 4.39 Å². The molecule has 1 aromatic carbocycles. The van der Waals surface area contributed by atoms with Crippen molar-refractivity contribution in [2.24, 2.45) is 5.41 Å². The van der Waals surface area contributed by atoms with Gasteiger partial charge in [0.15, 0.2) is 0 Å². The molecule has 18 heavy (non-hydrogen) atoms. The van der Waals surface area contributed by atoms with Crippen LogP contribution in [0.2, 0.25) is 0 Å². The number of rotatable bonds is 3. The van der Waals surface area contributed by atoms with Crippen molar-refractivity contribution >= 4 is 0 Å². The maximum Gasteiger partial charge on any atom is 0.123 e. The second-order valence-corrected chi connectivity index (χ2v) is 6.23. The van der Waals surface area contributed by atoms with Gasteiger partial charge in [-0.05, 0) is 42.9 Å². The van der Waals surface area contributed by atoms with Crippen molar-refractivity contribution < 1.29 is 4.39 Å². The highest BCUT2D eigenvalue weighted by atomic mass is 19.1. The van der Waals surface area contributed by atoms with Crippen molar-refractivity contribution in [2.75, 3.05) is 0 Å². The van der Waals surface area contributed by atoms with Gasteiger partial charge in [0.25, 0.3) is 0 Å². The summed E-state index contributed by atoms with van der Waals surface area (Å²) >= 11 is 0. The number of halogens is 1. The van der Waals surface area contributed by atoms with Gasteiger partial charge in [-0.2, -0.15) is 0 Å². The standard InChI is InChI=1S/C16H24FN/c1-12(13-7-9-14(17)10-8-13)18-15-6-4-5-11-16(15,2)3/h7-10,12,15,18H,4-6,11H2,1-3H3. The molecule has 1 aliphatic rings. The molecule has 0 amide bonds. The van der Waals surface area contributed by atoms with Crippen LogP contribution in [0, 0.1) is 11.2 Å². The quantitative estimate of drug-likeness (QED) is 0.834. The van der Waals surface area contributed by atoms with Gasteiger partial charge in [-0.3, -0.25) is 0 Å². The molecule has 1 saturated carbocycles. The van der Waals surface area contributed by atoms with Gasteiger partial charge >= 0.3 is 0 Å². The van der Waals surface area contributed by atoms with Crippen molar-refractivity contribution in [2.45, 2.75) is 58.5 Å². The number of nitrogens with one attached hydrogen (secondary N) is 1. The van der Waals surface area contributed by atoms with E-state index in [1.165, 1.54) is 25.7 Å². The summed E-state index contributed by atoms with van der Waals surface area (Å²) in [5.74, 6) is -0.163. The van der Waals surface area contributed by atoms with Crippen LogP contribution >= 0.6 is 0 Å². The van der Waals surface area contributed by atoms with Crippen LogP contribution in [-0.4, -0.2) is 6.04 Å². The van der Waals surface area contributed by atoms with Gasteiger partial charge in [-0.15, -0.1) is 0 Å². The highest BCUT2D eigenvalue weighted by Gasteiger charge is 2.32. The minimum Gasteiger partial charge on any atom is -0.307 e. The van der Waals surface area contributed by atoms with Crippen LogP contribution in [0.5, 0.6) is 0 Å². The molecule has 2 atom stereocenters. The fourth-order valence-corrected chi connectivity index (χ4v) is 2.95. The third kappa shape index (κ3) is 3.11. The van der Waals surface area contributed by atoms with E-state index in [4.69, 9.17) is 0 Å². The minimum atomic E-state index is -0.163. The molecule has 1 nitrogen and oxygen atoms in total. The zero-order valence-corrected chi connectivity index (χ0v) is 11.7. The molecule has 0 aliphatic heterocycles. The maximum absolute atomic E-state index is 12.9. The highest BCUT2D eigenvalue weighted by Crippen LogP contribution is 2.36. The van der Waals surface area contributed by atoms with Crippen LogP contribution in [0.4, 0.5) is 4.39 Å². The van der Waals surface area contributed by atoms with Gasteiger partial charge in [0.1, 0.15) is 5.82 Å². The van der Waals surface area contributed by atoms with Gasteiger partial charge < -0.3 is 5.32 Å². The number of hydrogen-bond acceptors (Lipinski definition) is 1. The van der Waals surface area contributed by atoms with E-state index < -0.39 is 0 Å². The molecule has 1 aliphatic carbocycles. The Kier molecular flexibility index (Phi) is 4.06. The maximum atomic E-state index is 12.9. The Morgan fingerprint density at radius 2 is 1.89 bits per heavy atom. The topological polar surface area (TPSA) is 12.0 Å². The van der Waals surface area contributed by atoms with E-state index in [1.54, 1.807) is 12.1 Å². The lowest BCUT2D eigenvalue weighted by Crippen LogP contribution is -2.45. The Morgan fingerprint density at radius 3 is 2.50 bits per heavy atom. The van der Waals surface area contributed by atoms with Crippen molar-refractivity contribution in [1.82, 2.24) is 5.32 Å². The summed E-state index contributed by atoms with van der Waals surface area (Å²) in [6, 6.07) is 7.68. The van der Waals surface area contributed by atoms with E-state index in [1.807, 2.05) is 12.1 Å². The molecule has 0 radical (unpaired) electrons. The Morgan fingerprint density at radius 1 is 1.22 bits per heavy atom. The van der Waals surface area contributed by atoms with Gasteiger partial charge in [0.2, 0.25) is 0 Å². The normalized spacial score (nSPS) is 24.8. The lowest BCUT2D eigenvalue weighted by molar-refractivity contribution is 0.157. The molecule has 0 heterocycles. The first-order valence-electron chi connectivity index (χ1n) is 7.00. The van der Waals surface area contributed by atoms with Crippen molar-refractivity contribution in [3.05, 3.63) is 35.6 Å². The highest BCUT2D eigenvalue weighted by molar-refractivity contribution is 5.19. The summed E-state index contributed by atoms with van der Waals surface area (Å²) in [7, 11) is 0. The Bertz CT molecular complexity index is 383. The molecular weight excluding hydrogens is 225 g/mol. The van der Waals surface area contributed by atoms with E-state index in [0.29, 0.717) is 11.5 Å². The Balaban J connectivity index is 2.02. The average Bonchev–Trinajstić information content (AvgIpc) is 2.32. The van der Waals surface area contributed by atoms with Gasteiger partial charge in [0, 0.05) is 12.1 Å². The lowest BCUT2D eigenvalue weighted by Gasteiger charge is -2.40. The zero-order chi connectivity index (χ0) is 13.2. The van der Waals surface area contributed by atoms with Crippen LogP contribution in [-0.2, 0) is 0 Å². The summed E-state index contributed by atoms with van der Waals surface area (Å²) in [5, 5.41) is 3.72. The van der Waals surface area contributed by atoms with Crippen LogP contribution in [0.3, 0.4) is 0 Å². The van der Waals surface area contributed by atoms with Crippen LogP contribution in [0.1, 0.15) is 58.1 Å². The first-order valence-corrected chi connectivity index (χ1v) is 7.00. The van der Waals surface area contributed by atoms with Crippen LogP contribution in [0.15, 0.2) is 24.3 Å². The molecule has 100 valence electrons. The second kappa shape index (κ2) is 5.40. The lowest BCUT2D eigenvalue weighted by atomic mass is 9.73. The Hall–Kier alpha value is -0.890. The smallest absolute Gasteiger partial charge is 0.123 e. The van der Waals surface area contributed by atoms with Gasteiger partial charge in [0.05, 0.1) is 0 Å². The Labute approximate surface area is 110 Å². The van der Waals surface area contributed by atoms with E-state index in [2.05, 4.69) is 26.1 Å². The summed E-state index contributed by atoms with van der Waals surface area (Å²) < 4.78 is 12.9. The molecule has 1 N–H and O–H groups in total. The average molecular weight is 249 g/mol. The first kappa shape index (κ1) is 13.5. The largest absolute Gasteiger partial charge is 0.307 e. The van der Waals surface area contributed by atoms with Crippen LogP contribution < -0.4 is 5.32 Å². The summed E-state index contributed by atoms with van der Waals surface area (Å²) in [5.41, 5.74) is 1.53. The first-order chi connectivity index (χ1) is 8.49. The van der Waals surface area contributed by atoms with E-state index in [0.717, 1.165) is 5.56 Å². The molecule has 2 rings (SSSR count). The molecule has 2 unspecified atom stereocenters. The third-order valence-corrected chi connectivity index (χ3v) is 4.33. The SMILES string of the molecule is CC(NC1CCCCC1(C)C)c1ccc(F)cc1. The summed E-state index contributed by atoms with van der Waals surface area (Å²) in [4.78, 5) is 0. The van der Waals surface area contributed by atoms with E-state index in [-0.39, 0.29) is 11.9 Å². The van der Waals surface area contributed by atoms with Crippen molar-refractivity contribution in [3.8, 4) is 0 Å². The molecule has 1 aromatic rings. The summed E-state index contributed by atoms with van der Waals surface area (Å²) in [6.45, 7) is 6.86. The predicted octanol–water partition coefficient (Wildman–Crippen LogP) is 4.45. The second-order valence-electron chi connectivity index (χ2n) is 6.23. The molecule has 2 heteroatoms. The zero-order valence-electron chi connectivity index (χ0n) is 11.7. The predicted molar refractivity (Wildman–Crippen MR) is 74.0 cm³/mol. The monoisotopic (exact) mass is 249 g/mol. The van der Waals surface area contributed by atoms with E-state index in [9.17, 15) is 4.39 Å². The molecule has 0 saturated heterocycles. The fraction of sp³-hybridized carbons (Fsp3) is 0.625. The third-order valence-electron chi connectivity index (χ3n) is 4.33. The molecular formula is C16H24FN. The minimum absolute atomic E-state index is 0.163. The molecule has 0 aromatic heterocycles. The van der Waals surface area contributed by atoms with E-state index >= 15 is 0 Å². The molecule has 0 spiro atoms. The molecule has 0 bridgehead atoms.